The van der Waals surface area contributed by atoms with Crippen molar-refractivity contribution in [2.45, 2.75) is 30.0 Å². The largest absolute Gasteiger partial charge is 0.240 e. The quantitative estimate of drug-likeness (QED) is 0.814. The fraction of sp³-hybridized carbons (Fsp3) is 0.455. The Morgan fingerprint density at radius 1 is 1.47 bits per heavy atom. The van der Waals surface area contributed by atoms with Gasteiger partial charge in [-0.15, -0.1) is 11.6 Å². The maximum Gasteiger partial charge on any atom is 0.240 e. The van der Waals surface area contributed by atoms with Gasteiger partial charge in [-0.1, -0.05) is 13.0 Å². The van der Waals surface area contributed by atoms with Crippen LogP contribution in [0.4, 0.5) is 4.39 Å². The molecule has 0 aliphatic rings. The summed E-state index contributed by atoms with van der Waals surface area (Å²) in [5.41, 5.74) is 0. The first-order valence-electron chi connectivity index (χ1n) is 5.35. The molecule has 0 aliphatic heterocycles. The molecular formula is C11H15ClFNO2S. The highest BCUT2D eigenvalue weighted by Crippen LogP contribution is 2.11. The number of sulfonamides is 1. The molecule has 1 unspecified atom stereocenters. The van der Waals surface area contributed by atoms with Crippen LogP contribution in [0.3, 0.4) is 0 Å². The summed E-state index contributed by atoms with van der Waals surface area (Å²) in [4.78, 5) is -0.0693. The molecule has 0 saturated carbocycles. The highest BCUT2D eigenvalue weighted by atomic mass is 35.5. The van der Waals surface area contributed by atoms with Crippen LogP contribution in [0.1, 0.15) is 19.8 Å². The van der Waals surface area contributed by atoms with Crippen LogP contribution in [0.25, 0.3) is 0 Å². The highest BCUT2D eigenvalue weighted by molar-refractivity contribution is 7.89. The van der Waals surface area contributed by atoms with Crippen molar-refractivity contribution < 1.29 is 12.8 Å². The van der Waals surface area contributed by atoms with Crippen LogP contribution in [0.15, 0.2) is 29.2 Å². The van der Waals surface area contributed by atoms with Crippen molar-refractivity contribution in [3.8, 4) is 0 Å². The number of rotatable bonds is 6. The second kappa shape index (κ2) is 6.33. The summed E-state index contributed by atoms with van der Waals surface area (Å²) in [6.45, 7) is 2.18. The van der Waals surface area contributed by atoms with Crippen LogP contribution in [-0.4, -0.2) is 20.3 Å². The third-order valence-electron chi connectivity index (χ3n) is 2.30. The zero-order valence-corrected chi connectivity index (χ0v) is 11.1. The Morgan fingerprint density at radius 3 is 2.76 bits per heavy atom. The SMILES string of the molecule is CCC(Cl)CCNS(=O)(=O)c1cccc(F)c1. The molecule has 17 heavy (non-hydrogen) atoms. The van der Waals surface area contributed by atoms with E-state index in [4.69, 9.17) is 11.6 Å². The zero-order valence-electron chi connectivity index (χ0n) is 9.49. The zero-order chi connectivity index (χ0) is 12.9. The third kappa shape index (κ3) is 4.61. The van der Waals surface area contributed by atoms with Gasteiger partial charge in [-0.3, -0.25) is 0 Å². The minimum absolute atomic E-state index is 0.0507. The van der Waals surface area contributed by atoms with Crippen LogP contribution in [0.2, 0.25) is 0 Å². The molecule has 1 N–H and O–H groups in total. The van der Waals surface area contributed by atoms with Crippen molar-refractivity contribution in [3.05, 3.63) is 30.1 Å². The van der Waals surface area contributed by atoms with Crippen LogP contribution in [-0.2, 0) is 10.0 Å². The summed E-state index contributed by atoms with van der Waals surface area (Å²) in [7, 11) is -3.64. The predicted octanol–water partition coefficient (Wildman–Crippen LogP) is 2.51. The molecule has 0 saturated heterocycles. The number of halogens is 2. The van der Waals surface area contributed by atoms with Gasteiger partial charge in [-0.05, 0) is 31.0 Å². The molecule has 1 aromatic rings. The Balaban J connectivity index is 2.63. The smallest absolute Gasteiger partial charge is 0.211 e. The van der Waals surface area contributed by atoms with Gasteiger partial charge in [0.25, 0.3) is 0 Å². The van der Waals surface area contributed by atoms with E-state index in [9.17, 15) is 12.8 Å². The molecule has 0 aliphatic carbocycles. The van der Waals surface area contributed by atoms with Crippen LogP contribution < -0.4 is 4.72 Å². The van der Waals surface area contributed by atoms with E-state index < -0.39 is 15.8 Å². The fourth-order valence-electron chi connectivity index (χ4n) is 1.27. The van der Waals surface area contributed by atoms with E-state index in [1.807, 2.05) is 6.92 Å². The third-order valence-corrected chi connectivity index (χ3v) is 4.28. The van der Waals surface area contributed by atoms with Crippen LogP contribution >= 0.6 is 11.6 Å². The first-order chi connectivity index (χ1) is 7.95. The maximum atomic E-state index is 12.9. The van der Waals surface area contributed by atoms with Gasteiger partial charge in [0.2, 0.25) is 10.0 Å². The molecule has 1 rings (SSSR count). The molecule has 6 heteroatoms. The van der Waals surface area contributed by atoms with E-state index in [1.54, 1.807) is 0 Å². The molecule has 0 spiro atoms. The molecule has 0 bridgehead atoms. The Labute approximate surface area is 106 Å². The number of hydrogen-bond donors (Lipinski definition) is 1. The monoisotopic (exact) mass is 279 g/mol. The second-order valence-corrected chi connectivity index (χ2v) is 6.03. The summed E-state index contributed by atoms with van der Waals surface area (Å²) in [5, 5.41) is -0.0507. The van der Waals surface area contributed by atoms with Crippen molar-refractivity contribution in [2.24, 2.45) is 0 Å². The minimum atomic E-state index is -3.64. The maximum absolute atomic E-state index is 12.9. The van der Waals surface area contributed by atoms with Gasteiger partial charge in [-0.2, -0.15) is 0 Å². The molecule has 3 nitrogen and oxygen atoms in total. The van der Waals surface area contributed by atoms with Crippen molar-refractivity contribution >= 4 is 21.6 Å². The number of benzene rings is 1. The lowest BCUT2D eigenvalue weighted by Gasteiger charge is -2.08. The minimum Gasteiger partial charge on any atom is -0.211 e. The lowest BCUT2D eigenvalue weighted by molar-refractivity contribution is 0.573. The van der Waals surface area contributed by atoms with E-state index in [0.717, 1.165) is 12.5 Å². The Bertz CT molecular complexity index is 464. The lowest BCUT2D eigenvalue weighted by atomic mass is 10.2. The van der Waals surface area contributed by atoms with E-state index in [2.05, 4.69) is 4.72 Å². The van der Waals surface area contributed by atoms with Crippen molar-refractivity contribution in [1.82, 2.24) is 4.72 Å². The van der Waals surface area contributed by atoms with Gasteiger partial charge in [0, 0.05) is 11.9 Å². The van der Waals surface area contributed by atoms with Crippen LogP contribution in [0, 0.1) is 5.82 Å². The molecular weight excluding hydrogens is 265 g/mol. The predicted molar refractivity (Wildman–Crippen MR) is 66.1 cm³/mol. The first kappa shape index (κ1) is 14.4. The standard InChI is InChI=1S/C11H15ClFNO2S/c1-2-9(12)6-7-14-17(15,16)11-5-3-4-10(13)8-11/h3-5,8-9,14H,2,6-7H2,1H3. The highest BCUT2D eigenvalue weighted by Gasteiger charge is 2.14. The molecule has 0 fully saturated rings. The van der Waals surface area contributed by atoms with Crippen LogP contribution in [0.5, 0.6) is 0 Å². The van der Waals surface area contributed by atoms with E-state index in [0.29, 0.717) is 6.42 Å². The Kier molecular flexibility index (Phi) is 5.36. The summed E-state index contributed by atoms with van der Waals surface area (Å²) in [6.07, 6.45) is 1.33. The molecule has 1 aromatic carbocycles. The summed E-state index contributed by atoms with van der Waals surface area (Å²) < 4.78 is 38.7. The molecule has 0 amide bonds. The Morgan fingerprint density at radius 2 is 2.18 bits per heavy atom. The number of nitrogens with one attached hydrogen (secondary N) is 1. The second-order valence-electron chi connectivity index (χ2n) is 3.65. The molecule has 1 atom stereocenters. The Hall–Kier alpha value is -0.650. The molecule has 0 heterocycles. The van der Waals surface area contributed by atoms with Gasteiger partial charge < -0.3 is 0 Å². The first-order valence-corrected chi connectivity index (χ1v) is 7.27. The summed E-state index contributed by atoms with van der Waals surface area (Å²) in [5.74, 6) is -0.573. The average molecular weight is 280 g/mol. The molecule has 96 valence electrons. The van der Waals surface area contributed by atoms with Gasteiger partial charge in [0.1, 0.15) is 5.82 Å². The fourth-order valence-corrected chi connectivity index (χ4v) is 2.46. The number of hydrogen-bond acceptors (Lipinski definition) is 2. The van der Waals surface area contributed by atoms with Gasteiger partial charge in [0.05, 0.1) is 4.90 Å². The molecule has 0 radical (unpaired) electrons. The van der Waals surface area contributed by atoms with Gasteiger partial charge in [-0.25, -0.2) is 17.5 Å². The average Bonchev–Trinajstić information content (AvgIpc) is 2.28. The van der Waals surface area contributed by atoms with E-state index >= 15 is 0 Å². The number of alkyl halides is 1. The van der Waals surface area contributed by atoms with Gasteiger partial charge >= 0.3 is 0 Å². The van der Waals surface area contributed by atoms with Gasteiger partial charge in [0.15, 0.2) is 0 Å². The van der Waals surface area contributed by atoms with E-state index in [-0.39, 0.29) is 16.8 Å². The van der Waals surface area contributed by atoms with E-state index in [1.165, 1.54) is 18.2 Å². The summed E-state index contributed by atoms with van der Waals surface area (Å²) >= 11 is 5.87. The van der Waals surface area contributed by atoms with Crippen molar-refractivity contribution in [2.75, 3.05) is 6.54 Å². The normalized spacial score (nSPS) is 13.6. The summed E-state index contributed by atoms with van der Waals surface area (Å²) in [6, 6.07) is 4.90. The van der Waals surface area contributed by atoms with Crippen molar-refractivity contribution in [1.29, 1.82) is 0 Å². The molecule has 0 aromatic heterocycles. The topological polar surface area (TPSA) is 46.2 Å². The lowest BCUT2D eigenvalue weighted by Crippen LogP contribution is -2.26. The van der Waals surface area contributed by atoms with Crippen molar-refractivity contribution in [3.63, 3.8) is 0 Å².